The summed E-state index contributed by atoms with van der Waals surface area (Å²) >= 11 is 3.38. The highest BCUT2D eigenvalue weighted by Crippen LogP contribution is 2.48. The molecule has 0 fully saturated rings. The number of nitrogen functional groups attached to an aromatic ring is 1. The van der Waals surface area contributed by atoms with Crippen LogP contribution in [0.15, 0.2) is 58.8 Å². The molecule has 0 bridgehead atoms. The van der Waals surface area contributed by atoms with E-state index in [4.69, 9.17) is 10.5 Å². The Morgan fingerprint density at radius 3 is 2.36 bits per heavy atom. The van der Waals surface area contributed by atoms with Gasteiger partial charge in [0.15, 0.2) is 0 Å². The van der Waals surface area contributed by atoms with Crippen LogP contribution in [-0.2, 0) is 0 Å². The van der Waals surface area contributed by atoms with Crippen LogP contribution in [-0.4, -0.2) is 13.4 Å². The lowest BCUT2D eigenvalue weighted by molar-refractivity contribution is 0.415. The van der Waals surface area contributed by atoms with Crippen molar-refractivity contribution in [1.29, 1.82) is 0 Å². The lowest BCUT2D eigenvalue weighted by Gasteiger charge is -2.09. The second-order valence-electron chi connectivity index (χ2n) is 4.81. The molecule has 0 aliphatic heterocycles. The van der Waals surface area contributed by atoms with E-state index in [1.807, 2.05) is 30.3 Å². The molecule has 4 heteroatoms. The van der Waals surface area contributed by atoms with Crippen molar-refractivity contribution in [2.45, 2.75) is 4.21 Å². The van der Waals surface area contributed by atoms with Gasteiger partial charge < -0.3 is 10.5 Å². The van der Waals surface area contributed by atoms with E-state index in [1.54, 1.807) is 30.2 Å². The first kappa shape index (κ1) is 15.0. The van der Waals surface area contributed by atoms with E-state index in [-0.39, 0.29) is 0 Å². The summed E-state index contributed by atoms with van der Waals surface area (Å²) in [7, 11) is 1.69. The van der Waals surface area contributed by atoms with Crippen LogP contribution >= 0.6 is 23.1 Å². The number of benzene rings is 2. The monoisotopic (exact) mass is 327 g/mol. The second kappa shape index (κ2) is 6.46. The van der Waals surface area contributed by atoms with E-state index in [0.717, 1.165) is 27.4 Å². The molecule has 22 heavy (non-hydrogen) atoms. The maximum Gasteiger partial charge on any atom is 0.119 e. The molecule has 0 aliphatic rings. The Labute approximate surface area is 138 Å². The van der Waals surface area contributed by atoms with Gasteiger partial charge in [0.2, 0.25) is 0 Å². The van der Waals surface area contributed by atoms with Gasteiger partial charge in [0.1, 0.15) is 5.75 Å². The Bertz CT molecular complexity index is 781. The van der Waals surface area contributed by atoms with Gasteiger partial charge in [0.25, 0.3) is 0 Å². The minimum Gasteiger partial charge on any atom is -0.497 e. The fourth-order valence-corrected chi connectivity index (χ4v) is 4.37. The molecule has 2 N–H and O–H groups in total. The van der Waals surface area contributed by atoms with Crippen LogP contribution in [0.2, 0.25) is 0 Å². The summed E-state index contributed by atoms with van der Waals surface area (Å²) in [6.07, 6.45) is 2.09. The number of ether oxygens (including phenoxy) is 1. The predicted molar refractivity (Wildman–Crippen MR) is 97.9 cm³/mol. The van der Waals surface area contributed by atoms with Gasteiger partial charge in [-0.25, -0.2) is 0 Å². The molecule has 0 saturated carbocycles. The molecule has 0 spiro atoms. The number of thiophene rings is 1. The molecule has 112 valence electrons. The number of hydrogen-bond acceptors (Lipinski definition) is 4. The van der Waals surface area contributed by atoms with Crippen LogP contribution in [0, 0.1) is 0 Å². The molecule has 3 aromatic rings. The van der Waals surface area contributed by atoms with Gasteiger partial charge >= 0.3 is 0 Å². The van der Waals surface area contributed by atoms with Gasteiger partial charge in [-0.2, -0.15) is 0 Å². The Morgan fingerprint density at radius 1 is 0.955 bits per heavy atom. The largest absolute Gasteiger partial charge is 0.497 e. The van der Waals surface area contributed by atoms with Crippen LogP contribution in [0.5, 0.6) is 5.75 Å². The summed E-state index contributed by atoms with van der Waals surface area (Å²) in [5, 5.41) is 0.855. The molecular weight excluding hydrogens is 310 g/mol. The summed E-state index contributed by atoms with van der Waals surface area (Å²) in [5.74, 6) is 0.855. The maximum atomic E-state index is 6.33. The van der Waals surface area contributed by atoms with Crippen molar-refractivity contribution in [1.82, 2.24) is 0 Å². The van der Waals surface area contributed by atoms with E-state index < -0.39 is 0 Å². The standard InChI is InChI=1S/C18H17NOS2/c1-20-14-10-6-9-13(11-14)16-15(12-7-4-3-5-8-12)17(19)22-18(16)21-2/h3-11H,19H2,1-2H3. The van der Waals surface area contributed by atoms with Crippen molar-refractivity contribution in [3.8, 4) is 28.0 Å². The summed E-state index contributed by atoms with van der Waals surface area (Å²) in [5.41, 5.74) is 10.9. The molecule has 0 unspecified atom stereocenters. The lowest BCUT2D eigenvalue weighted by Crippen LogP contribution is -1.88. The van der Waals surface area contributed by atoms with Gasteiger partial charge in [-0.3, -0.25) is 0 Å². The van der Waals surface area contributed by atoms with Crippen molar-refractivity contribution in [3.05, 3.63) is 54.6 Å². The van der Waals surface area contributed by atoms with Crippen molar-refractivity contribution in [2.24, 2.45) is 0 Å². The van der Waals surface area contributed by atoms with Gasteiger partial charge in [0, 0.05) is 11.1 Å². The minimum atomic E-state index is 0.855. The fraction of sp³-hybridized carbons (Fsp3) is 0.111. The zero-order chi connectivity index (χ0) is 15.5. The first-order valence-corrected chi connectivity index (χ1v) is 8.94. The first-order chi connectivity index (χ1) is 10.7. The van der Waals surface area contributed by atoms with Crippen molar-refractivity contribution in [3.63, 3.8) is 0 Å². The van der Waals surface area contributed by atoms with E-state index in [0.29, 0.717) is 0 Å². The number of nitrogens with two attached hydrogens (primary N) is 1. The zero-order valence-electron chi connectivity index (χ0n) is 12.5. The quantitative estimate of drug-likeness (QED) is 0.652. The number of thioether (sulfide) groups is 1. The molecular formula is C18H17NOS2. The predicted octanol–water partition coefficient (Wildman–Crippen LogP) is 5.39. The van der Waals surface area contributed by atoms with E-state index in [9.17, 15) is 0 Å². The molecule has 0 radical (unpaired) electrons. The lowest BCUT2D eigenvalue weighted by atomic mass is 9.98. The topological polar surface area (TPSA) is 35.2 Å². The number of hydrogen-bond donors (Lipinski definition) is 1. The van der Waals surface area contributed by atoms with E-state index in [2.05, 4.69) is 30.5 Å². The number of rotatable bonds is 4. The van der Waals surface area contributed by atoms with E-state index in [1.165, 1.54) is 9.77 Å². The van der Waals surface area contributed by atoms with Gasteiger partial charge in [-0.15, -0.1) is 23.1 Å². The maximum absolute atomic E-state index is 6.33. The van der Waals surface area contributed by atoms with Gasteiger partial charge in [-0.05, 0) is 29.5 Å². The summed E-state index contributed by atoms with van der Waals surface area (Å²) < 4.78 is 6.59. The summed E-state index contributed by atoms with van der Waals surface area (Å²) in [4.78, 5) is 0. The Hall–Kier alpha value is -1.91. The fourth-order valence-electron chi connectivity index (χ4n) is 2.50. The van der Waals surface area contributed by atoms with Crippen molar-refractivity contribution >= 4 is 28.1 Å². The average molecular weight is 327 g/mol. The summed E-state index contributed by atoms with van der Waals surface area (Å²) in [6.45, 7) is 0. The number of anilines is 1. The molecule has 0 atom stereocenters. The molecule has 0 amide bonds. The number of methoxy groups -OCH3 is 1. The minimum absolute atomic E-state index is 0.855. The van der Waals surface area contributed by atoms with Crippen LogP contribution in [0.4, 0.5) is 5.00 Å². The highest BCUT2D eigenvalue weighted by Gasteiger charge is 2.19. The molecule has 1 heterocycles. The molecule has 0 saturated heterocycles. The third-order valence-corrected chi connectivity index (χ3v) is 5.65. The Morgan fingerprint density at radius 2 is 1.68 bits per heavy atom. The third-order valence-electron chi connectivity index (χ3n) is 3.51. The first-order valence-electron chi connectivity index (χ1n) is 6.90. The van der Waals surface area contributed by atoms with Crippen molar-refractivity contribution < 1.29 is 4.74 Å². The second-order valence-corrected chi connectivity index (χ2v) is 6.93. The van der Waals surface area contributed by atoms with Crippen LogP contribution < -0.4 is 10.5 Å². The third kappa shape index (κ3) is 2.72. The molecule has 0 aliphatic carbocycles. The van der Waals surface area contributed by atoms with Crippen LogP contribution in [0.3, 0.4) is 0 Å². The highest BCUT2D eigenvalue weighted by molar-refractivity contribution is 8.00. The SMILES string of the molecule is COc1cccc(-c2c(SC)sc(N)c2-c2ccccc2)c1. The Balaban J connectivity index is 2.25. The van der Waals surface area contributed by atoms with Crippen molar-refractivity contribution in [2.75, 3.05) is 19.1 Å². The highest BCUT2D eigenvalue weighted by atomic mass is 32.2. The van der Waals surface area contributed by atoms with Gasteiger partial charge in [-0.1, -0.05) is 42.5 Å². The van der Waals surface area contributed by atoms with E-state index >= 15 is 0 Å². The smallest absolute Gasteiger partial charge is 0.119 e. The molecule has 3 rings (SSSR count). The summed E-state index contributed by atoms with van der Waals surface area (Å²) in [6, 6.07) is 18.5. The molecule has 2 aromatic carbocycles. The van der Waals surface area contributed by atoms with Gasteiger partial charge in [0.05, 0.1) is 16.3 Å². The normalized spacial score (nSPS) is 10.6. The zero-order valence-corrected chi connectivity index (χ0v) is 14.1. The average Bonchev–Trinajstić information content (AvgIpc) is 2.92. The van der Waals surface area contributed by atoms with Crippen LogP contribution in [0.25, 0.3) is 22.3 Å². The molecule has 2 nitrogen and oxygen atoms in total. The Kier molecular flexibility index (Phi) is 4.41. The van der Waals surface area contributed by atoms with Crippen LogP contribution in [0.1, 0.15) is 0 Å². The molecule has 1 aromatic heterocycles.